The van der Waals surface area contributed by atoms with Crippen LogP contribution in [-0.4, -0.2) is 40.7 Å². The highest BCUT2D eigenvalue weighted by molar-refractivity contribution is 5.53. The summed E-state index contributed by atoms with van der Waals surface area (Å²) in [5.74, 6) is 0.760. The monoisotopic (exact) mass is 513 g/mol. The Morgan fingerprint density at radius 2 is 1.51 bits per heavy atom. The molecule has 1 heterocycles. The highest BCUT2D eigenvalue weighted by Crippen LogP contribution is 2.50. The summed E-state index contributed by atoms with van der Waals surface area (Å²) in [5.41, 5.74) is 3.11. The Balaban J connectivity index is 1.46. The molecule has 0 amide bonds. The minimum absolute atomic E-state index is 0.236. The van der Waals surface area contributed by atoms with E-state index in [1.807, 2.05) is 12.1 Å². The van der Waals surface area contributed by atoms with Crippen LogP contribution in [0.15, 0.2) is 30.3 Å². The summed E-state index contributed by atoms with van der Waals surface area (Å²) in [7, 11) is 4.98. The molecule has 0 radical (unpaired) electrons. The van der Waals surface area contributed by atoms with Crippen molar-refractivity contribution in [1.82, 2.24) is 0 Å². The molecule has 2 atom stereocenters. The van der Waals surface area contributed by atoms with E-state index in [4.69, 9.17) is 14.2 Å². The van der Waals surface area contributed by atoms with E-state index >= 15 is 8.78 Å². The van der Waals surface area contributed by atoms with E-state index in [0.29, 0.717) is 11.6 Å². The first kappa shape index (κ1) is 26.4. The topological polar surface area (TPSA) is 30.9 Å². The van der Waals surface area contributed by atoms with Gasteiger partial charge in [0, 0.05) is 50.4 Å². The van der Waals surface area contributed by atoms with Gasteiger partial charge in [0.1, 0.15) is 17.4 Å². The van der Waals surface area contributed by atoms with Crippen molar-refractivity contribution in [3.63, 3.8) is 0 Å². The molecule has 2 aromatic carbocycles. The van der Waals surface area contributed by atoms with E-state index in [0.717, 1.165) is 68.5 Å². The van der Waals surface area contributed by atoms with Crippen LogP contribution in [-0.2, 0) is 15.9 Å². The Hall–Kier alpha value is -2.18. The van der Waals surface area contributed by atoms with Gasteiger partial charge in [-0.25, -0.2) is 8.78 Å². The maximum absolute atomic E-state index is 16.0. The molecule has 0 aromatic heterocycles. The lowest BCUT2D eigenvalue weighted by molar-refractivity contribution is -0.141. The third-order valence-electron chi connectivity index (χ3n) is 9.24. The summed E-state index contributed by atoms with van der Waals surface area (Å²) >= 11 is 0. The minimum atomic E-state index is -0.418. The average molecular weight is 514 g/mol. The molecular weight excluding hydrogens is 472 g/mol. The fraction of sp³-hybridized carbons (Fsp3) is 0.613. The van der Waals surface area contributed by atoms with E-state index in [1.54, 1.807) is 33.5 Å². The first-order valence-corrected chi connectivity index (χ1v) is 14.0. The fourth-order valence-electron chi connectivity index (χ4n) is 7.35. The molecule has 37 heavy (non-hydrogen) atoms. The molecule has 1 saturated carbocycles. The lowest BCUT2D eigenvalue weighted by Gasteiger charge is -2.41. The lowest BCUT2D eigenvalue weighted by Crippen LogP contribution is -2.39. The quantitative estimate of drug-likeness (QED) is 0.370. The second-order valence-corrected chi connectivity index (χ2v) is 11.1. The molecule has 0 unspecified atom stereocenters. The van der Waals surface area contributed by atoms with Gasteiger partial charge in [0.2, 0.25) is 0 Å². The average Bonchev–Trinajstić information content (AvgIpc) is 2.94. The number of hydrogen-bond donors (Lipinski definition) is 0. The van der Waals surface area contributed by atoms with E-state index in [9.17, 15) is 0 Å². The predicted molar refractivity (Wildman–Crippen MR) is 142 cm³/mol. The summed E-state index contributed by atoms with van der Waals surface area (Å²) in [6.07, 6.45) is 9.41. The third kappa shape index (κ3) is 5.37. The van der Waals surface area contributed by atoms with Crippen LogP contribution in [0.25, 0.3) is 0 Å². The summed E-state index contributed by atoms with van der Waals surface area (Å²) < 4.78 is 48.4. The molecular formula is C31H41F2NO3. The second-order valence-electron chi connectivity index (χ2n) is 11.1. The number of halogens is 2. The molecule has 2 aromatic rings. The molecule has 6 heteroatoms. The number of anilines is 1. The molecule has 0 N–H and O–H groups in total. The van der Waals surface area contributed by atoms with Crippen molar-refractivity contribution in [2.75, 3.05) is 39.3 Å². The molecule has 0 spiro atoms. The zero-order valence-electron chi connectivity index (χ0n) is 22.5. The van der Waals surface area contributed by atoms with Gasteiger partial charge in [0.15, 0.2) is 6.29 Å². The van der Waals surface area contributed by atoms with Crippen molar-refractivity contribution < 1.29 is 23.0 Å². The largest absolute Gasteiger partial charge is 0.497 e. The normalized spacial score (nSPS) is 23.4. The van der Waals surface area contributed by atoms with Gasteiger partial charge in [-0.05, 0) is 72.9 Å². The predicted octanol–water partition coefficient (Wildman–Crippen LogP) is 7.08. The van der Waals surface area contributed by atoms with E-state index < -0.39 is 11.6 Å². The molecule has 5 rings (SSSR count). The van der Waals surface area contributed by atoms with E-state index in [2.05, 4.69) is 11.0 Å². The highest BCUT2D eigenvalue weighted by Gasteiger charge is 2.39. The first-order valence-electron chi connectivity index (χ1n) is 14.0. The van der Waals surface area contributed by atoms with Crippen LogP contribution in [0.2, 0.25) is 0 Å². The summed E-state index contributed by atoms with van der Waals surface area (Å²) in [4.78, 5) is 2.09. The Bertz CT molecular complexity index is 1040. The second kappa shape index (κ2) is 11.7. The van der Waals surface area contributed by atoms with Gasteiger partial charge < -0.3 is 19.1 Å². The number of rotatable bonds is 7. The van der Waals surface area contributed by atoms with Gasteiger partial charge in [-0.15, -0.1) is 0 Å². The summed E-state index contributed by atoms with van der Waals surface area (Å²) in [6.45, 7) is 1.45. The van der Waals surface area contributed by atoms with Crippen LogP contribution in [0.4, 0.5) is 14.5 Å². The Kier molecular flexibility index (Phi) is 8.35. The number of benzene rings is 2. The maximum atomic E-state index is 16.0. The van der Waals surface area contributed by atoms with Crippen LogP contribution in [0, 0.1) is 29.4 Å². The van der Waals surface area contributed by atoms with Gasteiger partial charge in [-0.1, -0.05) is 38.2 Å². The van der Waals surface area contributed by atoms with Crippen molar-refractivity contribution in [1.29, 1.82) is 0 Å². The molecule has 1 saturated heterocycles. The van der Waals surface area contributed by atoms with Crippen molar-refractivity contribution >= 4 is 5.69 Å². The Labute approximate surface area is 220 Å². The Morgan fingerprint density at radius 3 is 2.14 bits per heavy atom. The molecule has 0 bridgehead atoms. The van der Waals surface area contributed by atoms with Crippen molar-refractivity contribution in [2.24, 2.45) is 17.8 Å². The van der Waals surface area contributed by atoms with Gasteiger partial charge in [0.05, 0.1) is 7.11 Å². The lowest BCUT2D eigenvalue weighted by atomic mass is 9.64. The van der Waals surface area contributed by atoms with Crippen LogP contribution in [0.3, 0.4) is 0 Å². The number of fused-ring (bicyclic) bond motifs is 1. The number of nitrogens with zero attached hydrogens (tertiary/aromatic N) is 1. The number of piperidine rings is 1. The van der Waals surface area contributed by atoms with Crippen molar-refractivity contribution in [2.45, 2.75) is 70.0 Å². The standard InChI is InChI=1S/C31H41F2NO3/c1-35-24-10-12-26-22(17-24)9-11-25(20-7-5-4-6-8-20)29(26)30-27(32)18-23(19-28(30)33)34-15-13-21(14-16-34)31(36-2)37-3/h10,12,17-21,25,29,31H,4-9,11,13-16H2,1-3H3/t25-,29+/m1/s1. The van der Waals surface area contributed by atoms with Gasteiger partial charge in [-0.3, -0.25) is 0 Å². The van der Waals surface area contributed by atoms with Crippen LogP contribution in [0.1, 0.15) is 74.0 Å². The number of ether oxygens (including phenoxy) is 3. The molecule has 2 fully saturated rings. The fourth-order valence-corrected chi connectivity index (χ4v) is 7.35. The zero-order chi connectivity index (χ0) is 25.9. The number of methoxy groups -OCH3 is 3. The van der Waals surface area contributed by atoms with Crippen molar-refractivity contribution in [3.8, 4) is 5.75 Å². The molecule has 4 nitrogen and oxygen atoms in total. The zero-order valence-corrected chi connectivity index (χ0v) is 22.5. The minimum Gasteiger partial charge on any atom is -0.497 e. The molecule has 1 aliphatic heterocycles. The van der Waals surface area contributed by atoms with Gasteiger partial charge in [-0.2, -0.15) is 0 Å². The maximum Gasteiger partial charge on any atom is 0.159 e. The van der Waals surface area contributed by atoms with Gasteiger partial charge >= 0.3 is 0 Å². The molecule has 2 aliphatic carbocycles. The van der Waals surface area contributed by atoms with Crippen LogP contribution in [0.5, 0.6) is 5.75 Å². The highest BCUT2D eigenvalue weighted by atomic mass is 19.1. The molecule has 202 valence electrons. The van der Waals surface area contributed by atoms with Crippen molar-refractivity contribution in [3.05, 3.63) is 58.7 Å². The Morgan fingerprint density at radius 1 is 0.838 bits per heavy atom. The van der Waals surface area contributed by atoms with Crippen LogP contribution < -0.4 is 9.64 Å². The SMILES string of the molecule is COc1ccc2c(c1)CC[C@H](C1CCCCC1)[C@@H]2c1c(F)cc(N2CCC(C(OC)OC)CC2)cc1F. The number of aryl methyl sites for hydroxylation is 1. The van der Waals surface area contributed by atoms with E-state index in [-0.39, 0.29) is 29.6 Å². The summed E-state index contributed by atoms with van der Waals surface area (Å²) in [6, 6.07) is 9.18. The van der Waals surface area contributed by atoms with Gasteiger partial charge in [0.25, 0.3) is 0 Å². The van der Waals surface area contributed by atoms with E-state index in [1.165, 1.54) is 19.3 Å². The van der Waals surface area contributed by atoms with Crippen LogP contribution >= 0.6 is 0 Å². The molecule has 3 aliphatic rings. The third-order valence-corrected chi connectivity index (χ3v) is 9.24. The summed E-state index contributed by atoms with van der Waals surface area (Å²) in [5, 5.41) is 0. The smallest absolute Gasteiger partial charge is 0.159 e. The number of hydrogen-bond acceptors (Lipinski definition) is 4. The first-order chi connectivity index (χ1) is 18.0.